The van der Waals surface area contributed by atoms with Gasteiger partial charge in [0.15, 0.2) is 0 Å². The first-order chi connectivity index (χ1) is 13.1. The molecule has 0 aliphatic heterocycles. The predicted molar refractivity (Wildman–Crippen MR) is 104 cm³/mol. The Balaban J connectivity index is 2.02. The molecule has 2 N–H and O–H groups in total. The number of ether oxygens (including phenoxy) is 1. The third kappa shape index (κ3) is 4.15. The van der Waals surface area contributed by atoms with Crippen LogP contribution in [0.5, 0.6) is 5.75 Å². The number of phenols is 1. The van der Waals surface area contributed by atoms with E-state index in [1.807, 2.05) is 24.3 Å². The number of amides is 1. The Morgan fingerprint density at radius 1 is 0.963 bits per heavy atom. The van der Waals surface area contributed by atoms with Gasteiger partial charge in [-0.1, -0.05) is 48.5 Å². The predicted octanol–water partition coefficient (Wildman–Crippen LogP) is 3.88. The molecule has 0 heterocycles. The highest BCUT2D eigenvalue weighted by Gasteiger charge is 2.16. The molecule has 0 spiro atoms. The van der Waals surface area contributed by atoms with Gasteiger partial charge in [0.25, 0.3) is 5.91 Å². The molecule has 0 fully saturated rings. The molecule has 1 amide bonds. The average Bonchev–Trinajstić information content (AvgIpc) is 2.70. The molecule has 0 bridgehead atoms. The Morgan fingerprint density at radius 3 is 2.33 bits per heavy atom. The molecule has 0 atom stereocenters. The van der Waals surface area contributed by atoms with Gasteiger partial charge in [0.1, 0.15) is 11.4 Å². The smallest absolute Gasteiger partial charge is 0.354 e. The van der Waals surface area contributed by atoms with Crippen LogP contribution in [0.15, 0.2) is 72.4 Å². The van der Waals surface area contributed by atoms with E-state index in [1.54, 1.807) is 55.5 Å². The van der Waals surface area contributed by atoms with E-state index in [9.17, 15) is 14.7 Å². The van der Waals surface area contributed by atoms with Crippen LogP contribution in [0, 0.1) is 0 Å². The summed E-state index contributed by atoms with van der Waals surface area (Å²) >= 11 is 0. The van der Waals surface area contributed by atoms with Crippen molar-refractivity contribution in [3.05, 3.63) is 83.6 Å². The summed E-state index contributed by atoms with van der Waals surface area (Å²) in [5.74, 6) is -0.884. The van der Waals surface area contributed by atoms with Gasteiger partial charge >= 0.3 is 5.97 Å². The average molecular weight is 361 g/mol. The first-order valence-electron chi connectivity index (χ1n) is 8.56. The van der Waals surface area contributed by atoms with Crippen LogP contribution >= 0.6 is 0 Å². The second-order valence-electron chi connectivity index (χ2n) is 5.82. The van der Waals surface area contributed by atoms with E-state index in [-0.39, 0.29) is 18.1 Å². The van der Waals surface area contributed by atoms with Gasteiger partial charge in [0.05, 0.1) is 6.61 Å². The van der Waals surface area contributed by atoms with Crippen molar-refractivity contribution < 1.29 is 19.4 Å². The van der Waals surface area contributed by atoms with Gasteiger partial charge in [0, 0.05) is 10.9 Å². The van der Waals surface area contributed by atoms with E-state index in [0.29, 0.717) is 16.5 Å². The quantitative estimate of drug-likeness (QED) is 0.534. The van der Waals surface area contributed by atoms with Crippen LogP contribution in [0.2, 0.25) is 0 Å². The third-order valence-corrected chi connectivity index (χ3v) is 4.01. The minimum Gasteiger partial charge on any atom is -0.507 e. The molecule has 0 saturated heterocycles. The fourth-order valence-electron chi connectivity index (χ4n) is 2.73. The van der Waals surface area contributed by atoms with Gasteiger partial charge < -0.3 is 15.2 Å². The summed E-state index contributed by atoms with van der Waals surface area (Å²) in [6.07, 6.45) is 1.56. The largest absolute Gasteiger partial charge is 0.507 e. The van der Waals surface area contributed by atoms with E-state index in [1.165, 1.54) is 0 Å². The number of nitrogens with one attached hydrogen (secondary N) is 1. The number of esters is 1. The number of benzene rings is 3. The Hall–Kier alpha value is -3.60. The Kier molecular flexibility index (Phi) is 5.52. The van der Waals surface area contributed by atoms with Crippen molar-refractivity contribution in [2.24, 2.45) is 0 Å². The second kappa shape index (κ2) is 8.19. The number of hydrogen-bond acceptors (Lipinski definition) is 4. The van der Waals surface area contributed by atoms with Gasteiger partial charge in [-0.2, -0.15) is 0 Å². The van der Waals surface area contributed by atoms with E-state index in [2.05, 4.69) is 5.32 Å². The van der Waals surface area contributed by atoms with Crippen LogP contribution in [0.1, 0.15) is 22.8 Å². The fourth-order valence-corrected chi connectivity index (χ4v) is 2.73. The van der Waals surface area contributed by atoms with Crippen LogP contribution in [0.25, 0.3) is 16.8 Å². The highest BCUT2D eigenvalue weighted by Crippen LogP contribution is 2.28. The number of carbonyl (C=O) groups is 2. The summed E-state index contributed by atoms with van der Waals surface area (Å²) in [5.41, 5.74) is 1.14. The maximum Gasteiger partial charge on any atom is 0.354 e. The molecule has 136 valence electrons. The van der Waals surface area contributed by atoms with E-state index in [4.69, 9.17) is 4.74 Å². The van der Waals surface area contributed by atoms with Crippen LogP contribution in [0.3, 0.4) is 0 Å². The van der Waals surface area contributed by atoms with Gasteiger partial charge in [-0.15, -0.1) is 0 Å². The summed E-state index contributed by atoms with van der Waals surface area (Å²) in [6.45, 7) is 1.89. The Bertz CT molecular complexity index is 1010. The van der Waals surface area contributed by atoms with E-state index < -0.39 is 11.9 Å². The van der Waals surface area contributed by atoms with Crippen molar-refractivity contribution >= 4 is 28.7 Å². The Morgan fingerprint density at radius 2 is 1.63 bits per heavy atom. The molecule has 0 aliphatic carbocycles. The lowest BCUT2D eigenvalue weighted by molar-refractivity contribution is -0.138. The van der Waals surface area contributed by atoms with Gasteiger partial charge in [-0.25, -0.2) is 4.79 Å². The number of phenolic OH excluding ortho intramolecular Hbond substituents is 1. The van der Waals surface area contributed by atoms with Crippen LogP contribution in [-0.2, 0) is 9.53 Å². The number of rotatable bonds is 5. The van der Waals surface area contributed by atoms with Crippen LogP contribution < -0.4 is 5.32 Å². The maximum atomic E-state index is 12.5. The molecule has 3 aromatic carbocycles. The van der Waals surface area contributed by atoms with Gasteiger partial charge in [-0.05, 0) is 42.1 Å². The van der Waals surface area contributed by atoms with Crippen molar-refractivity contribution in [2.75, 3.05) is 6.61 Å². The summed E-state index contributed by atoms with van der Waals surface area (Å²) in [5, 5.41) is 14.1. The monoisotopic (exact) mass is 361 g/mol. The highest BCUT2D eigenvalue weighted by atomic mass is 16.5. The SMILES string of the molecule is CCOC(=O)/C(=C/c1ccc(O)c2ccccc12)NC(=O)c1ccccc1. The van der Waals surface area contributed by atoms with Crippen molar-refractivity contribution in [1.29, 1.82) is 0 Å². The number of fused-ring (bicyclic) bond motifs is 1. The number of carbonyl (C=O) groups excluding carboxylic acids is 2. The van der Waals surface area contributed by atoms with Crippen LogP contribution in [-0.4, -0.2) is 23.6 Å². The van der Waals surface area contributed by atoms with E-state index in [0.717, 1.165) is 5.39 Å². The molecule has 0 saturated carbocycles. The minimum absolute atomic E-state index is 0.0292. The topological polar surface area (TPSA) is 75.6 Å². The standard InChI is InChI=1S/C22H19NO4/c1-2-27-22(26)19(23-21(25)15-8-4-3-5-9-15)14-16-12-13-20(24)18-11-7-6-10-17(16)18/h3-14,24H,2H2,1H3,(H,23,25)/b19-14-. The molecule has 0 aromatic heterocycles. The highest BCUT2D eigenvalue weighted by molar-refractivity contribution is 6.05. The minimum atomic E-state index is -0.626. The molecule has 5 heteroatoms. The zero-order chi connectivity index (χ0) is 19.2. The molecular weight excluding hydrogens is 342 g/mol. The fraction of sp³-hybridized carbons (Fsp3) is 0.0909. The van der Waals surface area contributed by atoms with E-state index >= 15 is 0 Å². The molecule has 0 aliphatic rings. The normalized spacial score (nSPS) is 11.2. The first kappa shape index (κ1) is 18.2. The number of hydrogen-bond donors (Lipinski definition) is 2. The van der Waals surface area contributed by atoms with Gasteiger partial charge in [-0.3, -0.25) is 4.79 Å². The maximum absolute atomic E-state index is 12.5. The molecule has 27 heavy (non-hydrogen) atoms. The van der Waals surface area contributed by atoms with Crippen molar-refractivity contribution in [3.63, 3.8) is 0 Å². The molecule has 5 nitrogen and oxygen atoms in total. The number of aromatic hydroxyl groups is 1. The lowest BCUT2D eigenvalue weighted by atomic mass is 10.0. The van der Waals surface area contributed by atoms with Crippen molar-refractivity contribution in [2.45, 2.75) is 6.92 Å². The molecular formula is C22H19NO4. The third-order valence-electron chi connectivity index (χ3n) is 4.01. The van der Waals surface area contributed by atoms with Crippen LogP contribution in [0.4, 0.5) is 0 Å². The lowest BCUT2D eigenvalue weighted by Crippen LogP contribution is -2.28. The molecule has 3 rings (SSSR count). The lowest BCUT2D eigenvalue weighted by Gasteiger charge is -2.11. The summed E-state index contributed by atoms with van der Waals surface area (Å²) in [4.78, 5) is 24.8. The zero-order valence-corrected chi connectivity index (χ0v) is 14.8. The summed E-state index contributed by atoms with van der Waals surface area (Å²) in [7, 11) is 0. The summed E-state index contributed by atoms with van der Waals surface area (Å²) in [6, 6.07) is 19.1. The molecule has 3 aromatic rings. The zero-order valence-electron chi connectivity index (χ0n) is 14.8. The van der Waals surface area contributed by atoms with Gasteiger partial charge in [0.2, 0.25) is 0 Å². The summed E-state index contributed by atoms with van der Waals surface area (Å²) < 4.78 is 5.08. The first-order valence-corrected chi connectivity index (χ1v) is 8.56. The molecule has 0 unspecified atom stereocenters. The second-order valence-corrected chi connectivity index (χ2v) is 5.82. The molecule has 0 radical (unpaired) electrons. The van der Waals surface area contributed by atoms with Crippen molar-refractivity contribution in [3.8, 4) is 5.75 Å². The van der Waals surface area contributed by atoms with Crippen molar-refractivity contribution in [1.82, 2.24) is 5.32 Å². The Labute approximate surface area is 156 Å².